The molecule has 45 heavy (non-hydrogen) atoms. The van der Waals surface area contributed by atoms with Crippen LogP contribution in [0.3, 0.4) is 0 Å². The van der Waals surface area contributed by atoms with E-state index in [1.165, 1.54) is 0 Å². The maximum absolute atomic E-state index is 13.6. The average Bonchev–Trinajstić information content (AvgIpc) is 3.40. The third kappa shape index (κ3) is 7.69. The van der Waals surface area contributed by atoms with E-state index < -0.39 is 6.04 Å². The predicted octanol–water partition coefficient (Wildman–Crippen LogP) is 4.40. The lowest BCUT2D eigenvalue weighted by Crippen LogP contribution is -2.48. The van der Waals surface area contributed by atoms with Crippen molar-refractivity contribution in [2.24, 2.45) is 17.6 Å². The standard InChI is InChI=1S/C35H42N6O4/c1-20(2)37-33(43)26-12-14-28(21(3)16-26)24-8-4-22(5-9-24)17-31(39-32(42)25-10-6-23(19-36)7-11-25)35(45)38-27-13-15-29-30(18-27)40-41-34(29)44/h4-5,8-9,12-16,18,20,23,25,31H,6-7,10-11,17,19,36H2,1-3H3,(H,37,43)(H,38,45)(H,39,42)(H2,40,41,44)/t23?,25?,31-/m0/s1. The number of amides is 3. The van der Waals surface area contributed by atoms with Gasteiger partial charge in [-0.2, -0.15) is 0 Å². The molecule has 0 spiro atoms. The highest BCUT2D eigenvalue weighted by molar-refractivity contribution is 5.99. The molecule has 3 amide bonds. The molecule has 3 aromatic carbocycles. The molecule has 0 bridgehead atoms. The summed E-state index contributed by atoms with van der Waals surface area (Å²) < 4.78 is 0. The molecular formula is C35H42N6O4. The Morgan fingerprint density at radius 2 is 1.64 bits per heavy atom. The molecule has 1 fully saturated rings. The summed E-state index contributed by atoms with van der Waals surface area (Å²) in [6.07, 6.45) is 3.62. The molecule has 1 aromatic heterocycles. The molecule has 10 nitrogen and oxygen atoms in total. The minimum Gasteiger partial charge on any atom is -0.350 e. The average molecular weight is 611 g/mol. The Morgan fingerprint density at radius 1 is 0.911 bits per heavy atom. The number of fused-ring (bicyclic) bond motifs is 1. The number of nitrogens with one attached hydrogen (secondary N) is 5. The molecule has 10 heteroatoms. The van der Waals surface area contributed by atoms with Gasteiger partial charge in [0.2, 0.25) is 11.8 Å². The molecule has 0 saturated heterocycles. The van der Waals surface area contributed by atoms with Crippen LogP contribution < -0.4 is 27.2 Å². The summed E-state index contributed by atoms with van der Waals surface area (Å²) in [4.78, 5) is 51.3. The summed E-state index contributed by atoms with van der Waals surface area (Å²) in [5.74, 6) is -0.273. The summed E-state index contributed by atoms with van der Waals surface area (Å²) in [6.45, 7) is 6.47. The van der Waals surface area contributed by atoms with Gasteiger partial charge in [0.1, 0.15) is 6.04 Å². The second kappa shape index (κ2) is 13.9. The fraction of sp³-hybridized carbons (Fsp3) is 0.371. The Labute approximate surface area is 262 Å². The van der Waals surface area contributed by atoms with Crippen molar-refractivity contribution in [2.45, 2.75) is 65.0 Å². The zero-order valence-corrected chi connectivity index (χ0v) is 26.0. The Balaban J connectivity index is 1.32. The number of rotatable bonds is 10. The number of aromatic nitrogens is 2. The summed E-state index contributed by atoms with van der Waals surface area (Å²) in [5, 5.41) is 14.7. The van der Waals surface area contributed by atoms with Crippen LogP contribution in [0.1, 0.15) is 61.0 Å². The van der Waals surface area contributed by atoms with Gasteiger partial charge in [-0.25, -0.2) is 0 Å². The first-order valence-electron chi connectivity index (χ1n) is 15.6. The maximum atomic E-state index is 13.6. The van der Waals surface area contributed by atoms with E-state index >= 15 is 0 Å². The van der Waals surface area contributed by atoms with E-state index in [0.717, 1.165) is 47.9 Å². The van der Waals surface area contributed by atoms with Crippen molar-refractivity contribution in [1.29, 1.82) is 0 Å². The van der Waals surface area contributed by atoms with Crippen LogP contribution in [-0.4, -0.2) is 46.5 Å². The van der Waals surface area contributed by atoms with E-state index in [-0.39, 0.29) is 35.2 Å². The lowest BCUT2D eigenvalue weighted by atomic mass is 9.81. The van der Waals surface area contributed by atoms with E-state index in [4.69, 9.17) is 5.73 Å². The zero-order valence-electron chi connectivity index (χ0n) is 26.0. The number of nitrogens with two attached hydrogens (primary N) is 1. The van der Waals surface area contributed by atoms with Gasteiger partial charge >= 0.3 is 0 Å². The smallest absolute Gasteiger partial charge is 0.271 e. The van der Waals surface area contributed by atoms with Crippen molar-refractivity contribution in [3.05, 3.63) is 87.7 Å². The lowest BCUT2D eigenvalue weighted by Gasteiger charge is -2.28. The largest absolute Gasteiger partial charge is 0.350 e. The summed E-state index contributed by atoms with van der Waals surface area (Å²) in [5.41, 5.74) is 11.2. The minimum absolute atomic E-state index is 0.0558. The first-order valence-corrected chi connectivity index (χ1v) is 15.6. The highest BCUT2D eigenvalue weighted by atomic mass is 16.2. The highest BCUT2D eigenvalue weighted by Crippen LogP contribution is 2.29. The van der Waals surface area contributed by atoms with Crippen molar-refractivity contribution in [1.82, 2.24) is 20.8 Å². The molecule has 236 valence electrons. The van der Waals surface area contributed by atoms with Crippen LogP contribution in [0.15, 0.2) is 65.5 Å². The van der Waals surface area contributed by atoms with E-state index in [1.807, 2.05) is 63.2 Å². The van der Waals surface area contributed by atoms with Gasteiger partial charge in [-0.1, -0.05) is 30.3 Å². The number of hydrogen-bond acceptors (Lipinski definition) is 5. The molecule has 1 heterocycles. The number of carbonyl (C=O) groups excluding carboxylic acids is 3. The molecular weight excluding hydrogens is 568 g/mol. The summed E-state index contributed by atoms with van der Waals surface area (Å²) in [6, 6.07) is 17.8. The lowest BCUT2D eigenvalue weighted by molar-refractivity contribution is -0.130. The van der Waals surface area contributed by atoms with Gasteiger partial charge in [-0.3, -0.25) is 29.4 Å². The Hall–Kier alpha value is -4.70. The normalized spacial score (nSPS) is 17.2. The quantitative estimate of drug-likeness (QED) is 0.157. The van der Waals surface area contributed by atoms with E-state index in [0.29, 0.717) is 41.0 Å². The maximum Gasteiger partial charge on any atom is 0.271 e. The summed E-state index contributed by atoms with van der Waals surface area (Å²) in [7, 11) is 0. The molecule has 5 rings (SSSR count). The van der Waals surface area contributed by atoms with Crippen molar-refractivity contribution >= 4 is 34.3 Å². The number of H-pyrrole nitrogens is 2. The number of aryl methyl sites for hydroxylation is 1. The van der Waals surface area contributed by atoms with Crippen LogP contribution in [0.4, 0.5) is 5.69 Å². The van der Waals surface area contributed by atoms with Gasteiger partial charge in [-0.05, 0) is 112 Å². The monoisotopic (exact) mass is 610 g/mol. The number of aromatic amines is 2. The van der Waals surface area contributed by atoms with Crippen LogP contribution in [0.2, 0.25) is 0 Å². The molecule has 1 aliphatic rings. The first-order chi connectivity index (χ1) is 21.6. The molecule has 4 aromatic rings. The Morgan fingerprint density at radius 3 is 2.31 bits per heavy atom. The number of carbonyl (C=O) groups is 3. The van der Waals surface area contributed by atoms with Gasteiger partial charge in [-0.15, -0.1) is 0 Å². The van der Waals surface area contributed by atoms with Gasteiger partial charge in [0.15, 0.2) is 0 Å². The second-order valence-corrected chi connectivity index (χ2v) is 12.4. The number of anilines is 1. The fourth-order valence-electron chi connectivity index (χ4n) is 6.03. The van der Waals surface area contributed by atoms with Crippen LogP contribution >= 0.6 is 0 Å². The van der Waals surface area contributed by atoms with Crippen molar-refractivity contribution in [3.63, 3.8) is 0 Å². The SMILES string of the molecule is Cc1cc(C(=O)NC(C)C)ccc1-c1ccc(C[C@H](NC(=O)C2CCC(CN)CC2)C(=O)Nc2ccc3c(=O)[nH][nH]c3c2)cc1. The minimum atomic E-state index is -0.808. The van der Waals surface area contributed by atoms with Gasteiger partial charge < -0.3 is 21.7 Å². The van der Waals surface area contributed by atoms with Gasteiger partial charge in [0.05, 0.1) is 10.9 Å². The molecule has 0 unspecified atom stereocenters. The predicted molar refractivity (Wildman–Crippen MR) is 177 cm³/mol. The molecule has 7 N–H and O–H groups in total. The molecule has 1 aliphatic carbocycles. The fourth-order valence-corrected chi connectivity index (χ4v) is 6.03. The van der Waals surface area contributed by atoms with Crippen LogP contribution in [0, 0.1) is 18.8 Å². The van der Waals surface area contributed by atoms with Gasteiger partial charge in [0.25, 0.3) is 11.5 Å². The molecule has 1 atom stereocenters. The number of benzene rings is 3. The van der Waals surface area contributed by atoms with Crippen LogP contribution in [0.25, 0.3) is 22.0 Å². The van der Waals surface area contributed by atoms with Gasteiger partial charge in [0, 0.05) is 29.6 Å². The molecule has 1 saturated carbocycles. The number of hydrogen-bond donors (Lipinski definition) is 6. The van der Waals surface area contributed by atoms with Crippen molar-refractivity contribution in [3.8, 4) is 11.1 Å². The first kappa shape index (κ1) is 31.7. The van der Waals surface area contributed by atoms with Crippen LogP contribution in [-0.2, 0) is 16.0 Å². The Kier molecular flexibility index (Phi) is 9.83. The third-order valence-corrected chi connectivity index (χ3v) is 8.64. The van der Waals surface area contributed by atoms with Crippen molar-refractivity contribution in [2.75, 3.05) is 11.9 Å². The van der Waals surface area contributed by atoms with E-state index in [1.54, 1.807) is 18.2 Å². The van der Waals surface area contributed by atoms with E-state index in [2.05, 4.69) is 26.1 Å². The van der Waals surface area contributed by atoms with E-state index in [9.17, 15) is 19.2 Å². The summed E-state index contributed by atoms with van der Waals surface area (Å²) >= 11 is 0. The van der Waals surface area contributed by atoms with Crippen LogP contribution in [0.5, 0.6) is 0 Å². The van der Waals surface area contributed by atoms with Crippen molar-refractivity contribution < 1.29 is 14.4 Å². The highest BCUT2D eigenvalue weighted by Gasteiger charge is 2.29. The topological polar surface area (TPSA) is 162 Å². The second-order valence-electron chi connectivity index (χ2n) is 12.4. The zero-order chi connectivity index (χ0) is 32.1. The Bertz CT molecular complexity index is 1730. The third-order valence-electron chi connectivity index (χ3n) is 8.64. The molecule has 0 radical (unpaired) electrons. The molecule has 0 aliphatic heterocycles.